The average Bonchev–Trinajstić information content (AvgIpc) is 2.91. The zero-order chi connectivity index (χ0) is 16.2. The summed E-state index contributed by atoms with van der Waals surface area (Å²) in [5, 5.41) is 15.9. The van der Waals surface area contributed by atoms with Gasteiger partial charge in [0, 0.05) is 24.5 Å². The Hall–Kier alpha value is -2.63. The minimum absolute atomic E-state index is 0.0777. The molecule has 0 atom stereocenters. The standard InChI is InChI=1S/C16H19N3O3/c1-16(2,15(21)22)10-14(20)18-13-6-3-5-12(9-13)11-19-8-4-7-17-19/h3-9H,10-11H2,1-2H3,(H,18,20)(H,21,22). The first-order chi connectivity index (χ1) is 10.4. The molecule has 0 aliphatic carbocycles. The highest BCUT2D eigenvalue weighted by Crippen LogP contribution is 2.21. The summed E-state index contributed by atoms with van der Waals surface area (Å²) in [5.41, 5.74) is 0.561. The van der Waals surface area contributed by atoms with E-state index in [9.17, 15) is 9.59 Å². The average molecular weight is 301 g/mol. The number of carboxylic acids is 1. The summed E-state index contributed by atoms with van der Waals surface area (Å²) in [4.78, 5) is 23.0. The van der Waals surface area contributed by atoms with E-state index in [2.05, 4.69) is 10.4 Å². The highest BCUT2D eigenvalue weighted by Gasteiger charge is 2.30. The lowest BCUT2D eigenvalue weighted by Crippen LogP contribution is -2.29. The van der Waals surface area contributed by atoms with E-state index in [1.165, 1.54) is 13.8 Å². The Kier molecular flexibility index (Phi) is 4.60. The van der Waals surface area contributed by atoms with E-state index in [1.807, 2.05) is 30.5 Å². The second-order valence-electron chi connectivity index (χ2n) is 5.82. The normalized spacial score (nSPS) is 11.2. The fraction of sp³-hybridized carbons (Fsp3) is 0.312. The number of nitrogens with one attached hydrogen (secondary N) is 1. The van der Waals surface area contributed by atoms with Crippen molar-refractivity contribution in [3.05, 3.63) is 48.3 Å². The van der Waals surface area contributed by atoms with Gasteiger partial charge in [0.05, 0.1) is 12.0 Å². The zero-order valence-corrected chi connectivity index (χ0v) is 12.6. The molecular formula is C16H19N3O3. The van der Waals surface area contributed by atoms with E-state index in [-0.39, 0.29) is 12.3 Å². The summed E-state index contributed by atoms with van der Waals surface area (Å²) in [5.74, 6) is -1.31. The number of hydrogen-bond acceptors (Lipinski definition) is 3. The molecule has 0 spiro atoms. The predicted octanol–water partition coefficient (Wildman–Crippen LogP) is 2.37. The number of nitrogens with zero attached hydrogens (tertiary/aromatic N) is 2. The highest BCUT2D eigenvalue weighted by atomic mass is 16.4. The summed E-state index contributed by atoms with van der Waals surface area (Å²) < 4.78 is 1.79. The zero-order valence-electron chi connectivity index (χ0n) is 12.6. The third kappa shape index (κ3) is 4.18. The monoisotopic (exact) mass is 301 g/mol. The lowest BCUT2D eigenvalue weighted by molar-refractivity contribution is -0.148. The van der Waals surface area contributed by atoms with Crippen LogP contribution in [-0.2, 0) is 16.1 Å². The van der Waals surface area contributed by atoms with Gasteiger partial charge in [0.15, 0.2) is 0 Å². The van der Waals surface area contributed by atoms with E-state index in [4.69, 9.17) is 5.11 Å². The van der Waals surface area contributed by atoms with Crippen molar-refractivity contribution in [2.75, 3.05) is 5.32 Å². The van der Waals surface area contributed by atoms with E-state index in [1.54, 1.807) is 16.9 Å². The van der Waals surface area contributed by atoms with E-state index >= 15 is 0 Å². The molecule has 0 aliphatic heterocycles. The molecule has 0 bridgehead atoms. The lowest BCUT2D eigenvalue weighted by Gasteiger charge is -2.18. The predicted molar refractivity (Wildman–Crippen MR) is 82.4 cm³/mol. The van der Waals surface area contributed by atoms with Gasteiger partial charge in [0.25, 0.3) is 0 Å². The molecule has 0 saturated carbocycles. The molecule has 1 heterocycles. The number of carbonyl (C=O) groups excluding carboxylic acids is 1. The van der Waals surface area contributed by atoms with Crippen molar-refractivity contribution < 1.29 is 14.7 Å². The highest BCUT2D eigenvalue weighted by molar-refractivity contribution is 5.94. The SMILES string of the molecule is CC(C)(CC(=O)Nc1cccc(Cn2cccn2)c1)C(=O)O. The Balaban J connectivity index is 2.01. The summed E-state index contributed by atoms with van der Waals surface area (Å²) in [6.45, 7) is 3.67. The van der Waals surface area contributed by atoms with Crippen LogP contribution in [0.25, 0.3) is 0 Å². The molecule has 116 valence electrons. The Labute approximate surface area is 128 Å². The molecule has 0 saturated heterocycles. The van der Waals surface area contributed by atoms with Gasteiger partial charge in [-0.2, -0.15) is 5.10 Å². The molecule has 0 fully saturated rings. The second-order valence-corrected chi connectivity index (χ2v) is 5.82. The number of benzene rings is 1. The first-order valence-electron chi connectivity index (χ1n) is 6.96. The van der Waals surface area contributed by atoms with Crippen LogP contribution < -0.4 is 5.32 Å². The number of amides is 1. The second kappa shape index (κ2) is 6.43. The van der Waals surface area contributed by atoms with E-state index in [0.717, 1.165) is 5.56 Å². The van der Waals surface area contributed by atoms with Crippen molar-refractivity contribution in [1.82, 2.24) is 9.78 Å². The molecule has 1 aromatic heterocycles. The third-order valence-corrected chi connectivity index (χ3v) is 3.30. The maximum atomic E-state index is 12.0. The summed E-state index contributed by atoms with van der Waals surface area (Å²) in [6, 6.07) is 9.26. The molecule has 1 amide bonds. The summed E-state index contributed by atoms with van der Waals surface area (Å²) >= 11 is 0. The fourth-order valence-corrected chi connectivity index (χ4v) is 2.01. The molecule has 0 radical (unpaired) electrons. The molecular weight excluding hydrogens is 282 g/mol. The summed E-state index contributed by atoms with van der Waals surface area (Å²) in [7, 11) is 0. The van der Waals surface area contributed by atoms with Crippen LogP contribution in [0, 0.1) is 5.41 Å². The van der Waals surface area contributed by atoms with E-state index < -0.39 is 11.4 Å². The fourth-order valence-electron chi connectivity index (χ4n) is 2.01. The van der Waals surface area contributed by atoms with Crippen LogP contribution in [0.5, 0.6) is 0 Å². The Bertz CT molecular complexity index is 663. The van der Waals surface area contributed by atoms with Crippen molar-refractivity contribution in [2.24, 2.45) is 5.41 Å². The largest absolute Gasteiger partial charge is 0.481 e. The number of carbonyl (C=O) groups is 2. The first-order valence-corrected chi connectivity index (χ1v) is 6.96. The molecule has 6 nitrogen and oxygen atoms in total. The number of anilines is 1. The quantitative estimate of drug-likeness (QED) is 0.858. The van der Waals surface area contributed by atoms with Crippen molar-refractivity contribution >= 4 is 17.6 Å². The Morgan fingerprint density at radius 2 is 2.09 bits per heavy atom. The summed E-state index contributed by atoms with van der Waals surface area (Å²) in [6.07, 6.45) is 3.49. The number of carboxylic acid groups (broad SMARTS) is 1. The van der Waals surface area contributed by atoms with Gasteiger partial charge in [-0.15, -0.1) is 0 Å². The minimum Gasteiger partial charge on any atom is -0.481 e. The molecule has 1 aromatic carbocycles. The van der Waals surface area contributed by atoms with Crippen LogP contribution in [0.15, 0.2) is 42.7 Å². The van der Waals surface area contributed by atoms with Gasteiger partial charge in [-0.25, -0.2) is 0 Å². The van der Waals surface area contributed by atoms with Crippen LogP contribution in [-0.4, -0.2) is 26.8 Å². The van der Waals surface area contributed by atoms with Crippen LogP contribution in [0.2, 0.25) is 0 Å². The maximum absolute atomic E-state index is 12.0. The van der Waals surface area contributed by atoms with E-state index in [0.29, 0.717) is 12.2 Å². The van der Waals surface area contributed by atoms with Crippen molar-refractivity contribution in [3.63, 3.8) is 0 Å². The molecule has 0 unspecified atom stereocenters. The molecule has 2 rings (SSSR count). The number of aliphatic carboxylic acids is 1. The minimum atomic E-state index is -1.09. The van der Waals surface area contributed by atoms with Gasteiger partial charge in [-0.05, 0) is 37.6 Å². The van der Waals surface area contributed by atoms with Gasteiger partial charge < -0.3 is 10.4 Å². The molecule has 6 heteroatoms. The van der Waals surface area contributed by atoms with Gasteiger partial charge in [0.2, 0.25) is 5.91 Å². The molecule has 0 aliphatic rings. The van der Waals surface area contributed by atoms with Gasteiger partial charge in [-0.1, -0.05) is 12.1 Å². The van der Waals surface area contributed by atoms with Crippen molar-refractivity contribution in [2.45, 2.75) is 26.8 Å². The van der Waals surface area contributed by atoms with Crippen molar-refractivity contribution in [3.8, 4) is 0 Å². The molecule has 2 N–H and O–H groups in total. The van der Waals surface area contributed by atoms with Crippen LogP contribution in [0.1, 0.15) is 25.8 Å². The molecule has 2 aromatic rings. The van der Waals surface area contributed by atoms with Crippen LogP contribution in [0.3, 0.4) is 0 Å². The van der Waals surface area contributed by atoms with Gasteiger partial charge >= 0.3 is 5.97 Å². The Morgan fingerprint density at radius 3 is 2.73 bits per heavy atom. The first kappa shape index (κ1) is 15.8. The van der Waals surface area contributed by atoms with Crippen LogP contribution >= 0.6 is 0 Å². The third-order valence-electron chi connectivity index (χ3n) is 3.30. The number of hydrogen-bond donors (Lipinski definition) is 2. The number of aromatic nitrogens is 2. The van der Waals surface area contributed by atoms with Gasteiger partial charge in [-0.3, -0.25) is 14.3 Å². The molecule has 22 heavy (non-hydrogen) atoms. The van der Waals surface area contributed by atoms with Gasteiger partial charge in [0.1, 0.15) is 0 Å². The maximum Gasteiger partial charge on any atom is 0.309 e. The lowest BCUT2D eigenvalue weighted by atomic mass is 9.89. The van der Waals surface area contributed by atoms with Crippen molar-refractivity contribution in [1.29, 1.82) is 0 Å². The number of rotatable bonds is 6. The smallest absolute Gasteiger partial charge is 0.309 e. The Morgan fingerprint density at radius 1 is 1.32 bits per heavy atom. The van der Waals surface area contributed by atoms with Crippen LogP contribution in [0.4, 0.5) is 5.69 Å². The topological polar surface area (TPSA) is 84.2 Å².